The number of hydrogen-bond donors (Lipinski definition) is 0. The summed E-state index contributed by atoms with van der Waals surface area (Å²) in [5.74, 6) is 2.13. The first-order valence-corrected chi connectivity index (χ1v) is 7.93. The van der Waals surface area contributed by atoms with Gasteiger partial charge in [-0.1, -0.05) is 30.3 Å². The predicted octanol–water partition coefficient (Wildman–Crippen LogP) is 3.22. The quantitative estimate of drug-likeness (QED) is 0.781. The molecule has 0 N–H and O–H groups in total. The van der Waals surface area contributed by atoms with E-state index < -0.39 is 10.8 Å². The number of hydrogen-bond acceptors (Lipinski definition) is 2. The van der Waals surface area contributed by atoms with Gasteiger partial charge in [-0.3, -0.25) is 4.21 Å². The third-order valence-electron chi connectivity index (χ3n) is 3.23. The van der Waals surface area contributed by atoms with Gasteiger partial charge in [-0.15, -0.1) is 0 Å². The molecule has 98 valence electrons. The van der Waals surface area contributed by atoms with Gasteiger partial charge in [0.25, 0.3) is 0 Å². The van der Waals surface area contributed by atoms with Gasteiger partial charge in [0, 0.05) is 28.2 Å². The first-order chi connectivity index (χ1) is 8.75. The van der Waals surface area contributed by atoms with Crippen LogP contribution >= 0.6 is 0 Å². The standard InChI is InChI=1S/C15H20O2S/c1-13(15-7-3-2-4-8-15)10-17-11-14-6-5-9-18(16)12-14/h2-4,7-8,10,14H,5-6,9,11-12H2,1H3/b13-10-. The summed E-state index contributed by atoms with van der Waals surface area (Å²) < 4.78 is 17.1. The fraction of sp³-hybridized carbons (Fsp3) is 0.467. The molecule has 1 fully saturated rings. The van der Waals surface area contributed by atoms with Crippen LogP contribution in [0.3, 0.4) is 0 Å². The van der Waals surface area contributed by atoms with Crippen LogP contribution in [0.25, 0.3) is 5.57 Å². The Bertz CT molecular complexity index is 425. The molecular formula is C15H20O2S. The van der Waals surface area contributed by atoms with E-state index in [-0.39, 0.29) is 0 Å². The lowest BCUT2D eigenvalue weighted by Gasteiger charge is -2.20. The van der Waals surface area contributed by atoms with Crippen LogP contribution < -0.4 is 0 Å². The molecule has 2 rings (SSSR count). The summed E-state index contributed by atoms with van der Waals surface area (Å²) in [6.45, 7) is 2.74. The summed E-state index contributed by atoms with van der Waals surface area (Å²) in [6, 6.07) is 10.2. The number of ether oxygens (including phenoxy) is 1. The number of allylic oxidation sites excluding steroid dienone is 1. The first kappa shape index (κ1) is 13.3. The van der Waals surface area contributed by atoms with Crippen LogP contribution in [-0.4, -0.2) is 22.3 Å². The van der Waals surface area contributed by atoms with Gasteiger partial charge >= 0.3 is 0 Å². The minimum atomic E-state index is -0.621. The van der Waals surface area contributed by atoms with E-state index in [1.165, 1.54) is 5.56 Å². The van der Waals surface area contributed by atoms with E-state index in [0.717, 1.165) is 29.9 Å². The molecule has 2 nitrogen and oxygen atoms in total. The molecule has 0 bridgehead atoms. The van der Waals surface area contributed by atoms with Crippen LogP contribution in [0.5, 0.6) is 0 Å². The lowest BCUT2D eigenvalue weighted by molar-refractivity contribution is 0.198. The van der Waals surface area contributed by atoms with Gasteiger partial charge < -0.3 is 4.74 Å². The molecule has 0 amide bonds. The summed E-state index contributed by atoms with van der Waals surface area (Å²) in [6.07, 6.45) is 4.04. The van der Waals surface area contributed by atoms with Gasteiger partial charge in [0.15, 0.2) is 0 Å². The molecular weight excluding hydrogens is 244 g/mol. The number of rotatable bonds is 4. The second-order valence-corrected chi connectivity index (χ2v) is 6.44. The zero-order chi connectivity index (χ0) is 12.8. The predicted molar refractivity (Wildman–Crippen MR) is 76.6 cm³/mol. The van der Waals surface area contributed by atoms with Gasteiger partial charge in [0.1, 0.15) is 0 Å². The number of benzene rings is 1. The normalized spacial score (nSPS) is 24.8. The van der Waals surface area contributed by atoms with Gasteiger partial charge in [0.05, 0.1) is 12.9 Å². The second-order valence-electron chi connectivity index (χ2n) is 4.82. The van der Waals surface area contributed by atoms with Crippen LogP contribution in [0.2, 0.25) is 0 Å². The van der Waals surface area contributed by atoms with Crippen molar-refractivity contribution in [2.45, 2.75) is 19.8 Å². The van der Waals surface area contributed by atoms with Crippen molar-refractivity contribution < 1.29 is 8.95 Å². The maximum atomic E-state index is 11.4. The molecule has 0 saturated carbocycles. The Morgan fingerprint density at radius 3 is 2.94 bits per heavy atom. The van der Waals surface area contributed by atoms with Crippen molar-refractivity contribution in [2.24, 2.45) is 5.92 Å². The largest absolute Gasteiger partial charge is 0.501 e. The van der Waals surface area contributed by atoms with Crippen LogP contribution in [0.1, 0.15) is 25.3 Å². The van der Waals surface area contributed by atoms with Crippen LogP contribution in [0.4, 0.5) is 0 Å². The molecule has 2 atom stereocenters. The van der Waals surface area contributed by atoms with Gasteiger partial charge in [-0.05, 0) is 30.9 Å². The van der Waals surface area contributed by atoms with Crippen molar-refractivity contribution >= 4 is 16.4 Å². The van der Waals surface area contributed by atoms with Gasteiger partial charge in [-0.25, -0.2) is 0 Å². The van der Waals surface area contributed by atoms with Crippen molar-refractivity contribution in [3.05, 3.63) is 42.2 Å². The highest BCUT2D eigenvalue weighted by Crippen LogP contribution is 2.17. The van der Waals surface area contributed by atoms with Crippen molar-refractivity contribution in [1.82, 2.24) is 0 Å². The van der Waals surface area contributed by atoms with E-state index >= 15 is 0 Å². The summed E-state index contributed by atoms with van der Waals surface area (Å²) in [4.78, 5) is 0. The first-order valence-electron chi connectivity index (χ1n) is 6.44. The molecule has 1 aliphatic heterocycles. The van der Waals surface area contributed by atoms with E-state index in [1.807, 2.05) is 31.4 Å². The average Bonchev–Trinajstić information content (AvgIpc) is 2.40. The second kappa shape index (κ2) is 6.74. The highest BCUT2D eigenvalue weighted by Gasteiger charge is 2.18. The van der Waals surface area contributed by atoms with Crippen molar-refractivity contribution in [3.8, 4) is 0 Å². The fourth-order valence-electron chi connectivity index (χ4n) is 2.17. The highest BCUT2D eigenvalue weighted by molar-refractivity contribution is 7.85. The Morgan fingerprint density at radius 2 is 2.22 bits per heavy atom. The molecule has 0 radical (unpaired) electrons. The minimum absolute atomic E-state index is 0.458. The summed E-state index contributed by atoms with van der Waals surface area (Å²) >= 11 is 0. The molecule has 1 aromatic carbocycles. The van der Waals surface area contributed by atoms with E-state index in [1.54, 1.807) is 0 Å². The van der Waals surface area contributed by atoms with Gasteiger partial charge in [0.2, 0.25) is 0 Å². The van der Waals surface area contributed by atoms with Crippen molar-refractivity contribution in [1.29, 1.82) is 0 Å². The maximum Gasteiger partial charge on any atom is 0.0910 e. The lowest BCUT2D eigenvalue weighted by atomic mass is 10.1. The lowest BCUT2D eigenvalue weighted by Crippen LogP contribution is -2.23. The molecule has 0 aliphatic carbocycles. The third kappa shape index (κ3) is 3.98. The van der Waals surface area contributed by atoms with E-state index in [9.17, 15) is 4.21 Å². The average molecular weight is 264 g/mol. The Hall–Kier alpha value is -1.09. The van der Waals surface area contributed by atoms with E-state index in [0.29, 0.717) is 12.5 Å². The van der Waals surface area contributed by atoms with Crippen molar-refractivity contribution in [2.75, 3.05) is 18.1 Å². The summed E-state index contributed by atoms with van der Waals surface area (Å²) in [5.41, 5.74) is 2.32. The Balaban J connectivity index is 1.82. The van der Waals surface area contributed by atoms with E-state index in [4.69, 9.17) is 4.74 Å². The zero-order valence-corrected chi connectivity index (χ0v) is 11.6. The van der Waals surface area contributed by atoms with Crippen LogP contribution in [0.15, 0.2) is 36.6 Å². The zero-order valence-electron chi connectivity index (χ0n) is 10.8. The van der Waals surface area contributed by atoms with Crippen LogP contribution in [-0.2, 0) is 15.5 Å². The summed E-state index contributed by atoms with van der Waals surface area (Å²) in [7, 11) is -0.621. The Morgan fingerprint density at radius 1 is 1.44 bits per heavy atom. The molecule has 1 aliphatic rings. The SMILES string of the molecule is C/C(=C/OCC1CCCS(=O)C1)c1ccccc1. The third-order valence-corrected chi connectivity index (χ3v) is 4.81. The molecule has 18 heavy (non-hydrogen) atoms. The van der Waals surface area contributed by atoms with Crippen molar-refractivity contribution in [3.63, 3.8) is 0 Å². The molecule has 1 aromatic rings. The van der Waals surface area contributed by atoms with Crippen LogP contribution in [0, 0.1) is 5.92 Å². The monoisotopic (exact) mass is 264 g/mol. The summed E-state index contributed by atoms with van der Waals surface area (Å²) in [5, 5.41) is 0. The smallest absolute Gasteiger partial charge is 0.0910 e. The Kier molecular flexibility index (Phi) is 5.00. The Labute approximate surface area is 112 Å². The molecule has 2 unspecified atom stereocenters. The highest BCUT2D eigenvalue weighted by atomic mass is 32.2. The molecule has 3 heteroatoms. The molecule has 0 aromatic heterocycles. The minimum Gasteiger partial charge on any atom is -0.501 e. The fourth-order valence-corrected chi connectivity index (χ4v) is 3.62. The van der Waals surface area contributed by atoms with Gasteiger partial charge in [-0.2, -0.15) is 0 Å². The van der Waals surface area contributed by atoms with E-state index in [2.05, 4.69) is 12.1 Å². The molecule has 0 spiro atoms. The molecule has 1 heterocycles. The maximum absolute atomic E-state index is 11.4. The topological polar surface area (TPSA) is 26.3 Å². The molecule has 1 saturated heterocycles.